The molecule has 0 spiro atoms. The number of carbonyl (C=O) groups excluding carboxylic acids is 2. The molecule has 0 radical (unpaired) electrons. The van der Waals surface area contributed by atoms with Crippen LogP contribution in [-0.4, -0.2) is 23.9 Å². The van der Waals surface area contributed by atoms with Gasteiger partial charge in [-0.05, 0) is 75.1 Å². The highest BCUT2D eigenvalue weighted by Gasteiger charge is 2.42. The van der Waals surface area contributed by atoms with Crippen molar-refractivity contribution in [1.29, 1.82) is 0 Å². The molecule has 1 aromatic carbocycles. The molecule has 2 amide bonds. The Labute approximate surface area is 150 Å². The van der Waals surface area contributed by atoms with Crippen molar-refractivity contribution in [1.82, 2.24) is 5.32 Å². The Kier molecular flexibility index (Phi) is 5.30. The Hall–Kier alpha value is -2.04. The molecule has 25 heavy (non-hydrogen) atoms. The summed E-state index contributed by atoms with van der Waals surface area (Å²) in [5.74, 6) is 2.30. The minimum Gasteiger partial charge on any atom is -0.374 e. The summed E-state index contributed by atoms with van der Waals surface area (Å²) in [6.45, 7) is 5.51. The van der Waals surface area contributed by atoms with Gasteiger partial charge in [0.05, 0.1) is 0 Å². The van der Waals surface area contributed by atoms with Gasteiger partial charge in [0.15, 0.2) is 0 Å². The van der Waals surface area contributed by atoms with Crippen LogP contribution < -0.4 is 16.0 Å². The highest BCUT2D eigenvalue weighted by Crippen LogP contribution is 2.49. The highest BCUT2D eigenvalue weighted by molar-refractivity contribution is 5.89. The summed E-state index contributed by atoms with van der Waals surface area (Å²) in [6.07, 6.45) is 5.36. The zero-order chi connectivity index (χ0) is 18.0. The van der Waals surface area contributed by atoms with Crippen molar-refractivity contribution in [2.75, 3.05) is 10.6 Å². The molecule has 5 nitrogen and oxygen atoms in total. The standard InChI is InChI=1S/C20H29N3O2/c1-12(19-11-15-4-5-16(19)10-15)22-20(25)13(2)21-17-6-8-18(9-7-17)23-14(3)24/h6-9,12-13,15-16,19,21H,4-5,10-11H2,1-3H3,(H,22,25)(H,23,24)/t12-,13-,15+,16+,19-/m1/s1. The monoisotopic (exact) mass is 343 g/mol. The van der Waals surface area contributed by atoms with Crippen LogP contribution in [0.1, 0.15) is 46.5 Å². The smallest absolute Gasteiger partial charge is 0.242 e. The third-order valence-electron chi connectivity index (χ3n) is 5.79. The van der Waals surface area contributed by atoms with E-state index in [0.29, 0.717) is 5.92 Å². The first-order chi connectivity index (χ1) is 11.9. The zero-order valence-electron chi connectivity index (χ0n) is 15.3. The molecular formula is C20H29N3O2. The van der Waals surface area contributed by atoms with Gasteiger partial charge < -0.3 is 16.0 Å². The molecule has 0 saturated heterocycles. The van der Waals surface area contributed by atoms with Crippen LogP contribution in [0.3, 0.4) is 0 Å². The predicted molar refractivity (Wildman–Crippen MR) is 100 cm³/mol. The van der Waals surface area contributed by atoms with Crippen molar-refractivity contribution in [2.24, 2.45) is 17.8 Å². The van der Waals surface area contributed by atoms with Crippen LogP contribution >= 0.6 is 0 Å². The van der Waals surface area contributed by atoms with Crippen molar-refractivity contribution in [2.45, 2.75) is 58.5 Å². The van der Waals surface area contributed by atoms with Gasteiger partial charge in [0.1, 0.15) is 6.04 Å². The van der Waals surface area contributed by atoms with E-state index in [2.05, 4.69) is 22.9 Å². The van der Waals surface area contributed by atoms with E-state index in [9.17, 15) is 9.59 Å². The van der Waals surface area contributed by atoms with Gasteiger partial charge in [-0.3, -0.25) is 9.59 Å². The number of amides is 2. The Balaban J connectivity index is 1.49. The Morgan fingerprint density at radius 2 is 1.72 bits per heavy atom. The van der Waals surface area contributed by atoms with Gasteiger partial charge in [0.2, 0.25) is 11.8 Å². The first-order valence-electron chi connectivity index (χ1n) is 9.37. The summed E-state index contributed by atoms with van der Waals surface area (Å²) in [5.41, 5.74) is 1.62. The van der Waals surface area contributed by atoms with Crippen molar-refractivity contribution < 1.29 is 9.59 Å². The van der Waals surface area contributed by atoms with E-state index in [1.54, 1.807) is 0 Å². The molecule has 2 fully saturated rings. The average molecular weight is 343 g/mol. The van der Waals surface area contributed by atoms with Crippen molar-refractivity contribution in [3.05, 3.63) is 24.3 Å². The van der Waals surface area contributed by atoms with E-state index >= 15 is 0 Å². The van der Waals surface area contributed by atoms with E-state index in [1.807, 2.05) is 31.2 Å². The summed E-state index contributed by atoms with van der Waals surface area (Å²) in [7, 11) is 0. The van der Waals surface area contributed by atoms with Gasteiger partial charge in [0, 0.05) is 24.3 Å². The Morgan fingerprint density at radius 1 is 1.04 bits per heavy atom. The van der Waals surface area contributed by atoms with Gasteiger partial charge in [-0.1, -0.05) is 6.42 Å². The zero-order valence-corrected chi connectivity index (χ0v) is 15.3. The van der Waals surface area contributed by atoms with Gasteiger partial charge in [-0.25, -0.2) is 0 Å². The molecule has 0 heterocycles. The number of carbonyl (C=O) groups is 2. The van der Waals surface area contributed by atoms with E-state index in [4.69, 9.17) is 0 Å². The SMILES string of the molecule is CC(=O)Nc1ccc(N[C@H](C)C(=O)N[C@H](C)[C@H]2C[C@H]3CC[C@H]2C3)cc1. The topological polar surface area (TPSA) is 70.2 Å². The molecule has 3 rings (SSSR count). The fourth-order valence-corrected chi connectivity index (χ4v) is 4.53. The molecule has 0 aliphatic heterocycles. The molecular weight excluding hydrogens is 314 g/mol. The van der Waals surface area contributed by atoms with Gasteiger partial charge in [-0.2, -0.15) is 0 Å². The van der Waals surface area contributed by atoms with Crippen LogP contribution in [0.15, 0.2) is 24.3 Å². The molecule has 136 valence electrons. The van der Waals surface area contributed by atoms with Crippen LogP contribution in [0.5, 0.6) is 0 Å². The van der Waals surface area contributed by atoms with Crippen molar-refractivity contribution in [3.8, 4) is 0 Å². The number of fused-ring (bicyclic) bond motifs is 2. The van der Waals surface area contributed by atoms with Crippen LogP contribution in [0.2, 0.25) is 0 Å². The average Bonchev–Trinajstić information content (AvgIpc) is 3.19. The number of nitrogens with one attached hydrogen (secondary N) is 3. The lowest BCUT2D eigenvalue weighted by atomic mass is 9.84. The maximum atomic E-state index is 12.5. The summed E-state index contributed by atoms with van der Waals surface area (Å²) >= 11 is 0. The molecule has 2 aliphatic rings. The van der Waals surface area contributed by atoms with Crippen LogP contribution in [0, 0.1) is 17.8 Å². The number of hydrogen-bond donors (Lipinski definition) is 3. The van der Waals surface area contributed by atoms with E-state index < -0.39 is 0 Å². The largest absolute Gasteiger partial charge is 0.374 e. The van der Waals surface area contributed by atoms with Gasteiger partial charge >= 0.3 is 0 Å². The molecule has 3 N–H and O–H groups in total. The second-order valence-electron chi connectivity index (χ2n) is 7.76. The predicted octanol–water partition coefficient (Wildman–Crippen LogP) is 3.39. The van der Waals surface area contributed by atoms with Crippen LogP contribution in [0.25, 0.3) is 0 Å². The third-order valence-corrected chi connectivity index (χ3v) is 5.79. The molecule has 5 atom stereocenters. The summed E-state index contributed by atoms with van der Waals surface area (Å²) in [4.78, 5) is 23.5. The number of benzene rings is 1. The Morgan fingerprint density at radius 3 is 2.28 bits per heavy atom. The first kappa shape index (κ1) is 17.8. The summed E-state index contributed by atoms with van der Waals surface area (Å²) in [6, 6.07) is 7.34. The lowest BCUT2D eigenvalue weighted by Gasteiger charge is -2.29. The van der Waals surface area contributed by atoms with Gasteiger partial charge in [-0.15, -0.1) is 0 Å². The maximum absolute atomic E-state index is 12.5. The first-order valence-corrected chi connectivity index (χ1v) is 9.37. The van der Waals surface area contributed by atoms with Crippen molar-refractivity contribution >= 4 is 23.2 Å². The summed E-state index contributed by atoms with van der Waals surface area (Å²) < 4.78 is 0. The van der Waals surface area contributed by atoms with Gasteiger partial charge in [0.25, 0.3) is 0 Å². The molecule has 2 saturated carbocycles. The molecule has 0 aromatic heterocycles. The lowest BCUT2D eigenvalue weighted by molar-refractivity contribution is -0.122. The molecule has 1 aromatic rings. The molecule has 2 bridgehead atoms. The fourth-order valence-electron chi connectivity index (χ4n) is 4.53. The Bertz CT molecular complexity index is 628. The minimum absolute atomic E-state index is 0.0428. The second-order valence-corrected chi connectivity index (χ2v) is 7.76. The minimum atomic E-state index is -0.298. The third kappa shape index (κ3) is 4.33. The normalized spacial score (nSPS) is 26.8. The lowest BCUT2D eigenvalue weighted by Crippen LogP contribution is -2.46. The molecule has 5 heteroatoms. The second kappa shape index (κ2) is 7.46. The fraction of sp³-hybridized carbons (Fsp3) is 0.600. The van der Waals surface area contributed by atoms with E-state index in [-0.39, 0.29) is 23.9 Å². The van der Waals surface area contributed by atoms with Crippen LogP contribution in [0.4, 0.5) is 11.4 Å². The van der Waals surface area contributed by atoms with Crippen molar-refractivity contribution in [3.63, 3.8) is 0 Å². The number of rotatable bonds is 6. The van der Waals surface area contributed by atoms with Crippen LogP contribution in [-0.2, 0) is 9.59 Å². The maximum Gasteiger partial charge on any atom is 0.242 e. The summed E-state index contributed by atoms with van der Waals surface area (Å²) in [5, 5.41) is 9.17. The quantitative estimate of drug-likeness (QED) is 0.741. The highest BCUT2D eigenvalue weighted by atomic mass is 16.2. The molecule has 0 unspecified atom stereocenters. The molecule has 2 aliphatic carbocycles. The van der Waals surface area contributed by atoms with E-state index in [0.717, 1.165) is 23.2 Å². The number of hydrogen-bond acceptors (Lipinski definition) is 3. The van der Waals surface area contributed by atoms with E-state index in [1.165, 1.54) is 32.6 Å². The number of anilines is 2.